The van der Waals surface area contributed by atoms with Crippen LogP contribution in [0.1, 0.15) is 13.3 Å². The van der Waals surface area contributed by atoms with Crippen molar-refractivity contribution in [1.82, 2.24) is 0 Å². The smallest absolute Gasteiger partial charge is 0.308 e. The number of carbonyl (C=O) groups excluding carboxylic acids is 1. The second-order valence-corrected chi connectivity index (χ2v) is 2.19. The fraction of sp³-hybridized carbons (Fsp3) is 0.714. The molecule has 4 N–H and O–H groups in total. The van der Waals surface area contributed by atoms with Crippen LogP contribution in [0.25, 0.3) is 0 Å². The number of carboxylic acid groups (broad SMARTS) is 1. The highest BCUT2D eigenvalue weighted by Crippen LogP contribution is 1.89. The van der Waals surface area contributed by atoms with E-state index in [1.165, 1.54) is 7.11 Å². The van der Waals surface area contributed by atoms with E-state index in [2.05, 4.69) is 4.74 Å². The summed E-state index contributed by atoms with van der Waals surface area (Å²) in [6, 6.07) is 0. The zero-order chi connectivity index (χ0) is 10.9. The standard InChI is InChI=1S/C5H11NO3.C2H4O2/c1-9-5(8)2-4(7)3-6;1-2(3)4/h4,7H,2-3,6H2,1H3;1H3,(H,3,4). The van der Waals surface area contributed by atoms with Crippen molar-refractivity contribution >= 4 is 11.9 Å². The van der Waals surface area contributed by atoms with Crippen molar-refractivity contribution < 1.29 is 24.5 Å². The minimum atomic E-state index is -0.833. The van der Waals surface area contributed by atoms with Gasteiger partial charge in [0.1, 0.15) is 0 Å². The summed E-state index contributed by atoms with van der Waals surface area (Å²) >= 11 is 0. The number of aliphatic hydroxyl groups excluding tert-OH is 1. The van der Waals surface area contributed by atoms with Crippen LogP contribution in [0.4, 0.5) is 0 Å². The number of carbonyl (C=O) groups is 2. The molecule has 0 heterocycles. The molecular weight excluding hydrogens is 178 g/mol. The Morgan fingerprint density at radius 3 is 2.15 bits per heavy atom. The van der Waals surface area contributed by atoms with Gasteiger partial charge in [-0.25, -0.2) is 0 Å². The first-order chi connectivity index (χ1) is 5.93. The zero-order valence-electron chi connectivity index (χ0n) is 7.69. The number of methoxy groups -OCH3 is 1. The summed E-state index contributed by atoms with van der Waals surface area (Å²) in [6.07, 6.45) is -0.787. The van der Waals surface area contributed by atoms with Gasteiger partial charge in [-0.05, 0) is 0 Å². The quantitative estimate of drug-likeness (QED) is 0.494. The lowest BCUT2D eigenvalue weighted by atomic mass is 10.2. The van der Waals surface area contributed by atoms with Gasteiger partial charge in [-0.2, -0.15) is 0 Å². The van der Waals surface area contributed by atoms with Crippen LogP contribution in [-0.4, -0.2) is 41.9 Å². The van der Waals surface area contributed by atoms with Gasteiger partial charge in [0, 0.05) is 13.5 Å². The number of rotatable bonds is 3. The van der Waals surface area contributed by atoms with Crippen LogP contribution in [0.5, 0.6) is 0 Å². The molecule has 0 fully saturated rings. The summed E-state index contributed by atoms with van der Waals surface area (Å²) in [6.45, 7) is 1.18. The maximum atomic E-state index is 10.3. The summed E-state index contributed by atoms with van der Waals surface area (Å²) < 4.78 is 4.27. The van der Waals surface area contributed by atoms with Crippen molar-refractivity contribution in [1.29, 1.82) is 0 Å². The van der Waals surface area contributed by atoms with Crippen LogP contribution in [-0.2, 0) is 14.3 Å². The van der Waals surface area contributed by atoms with Gasteiger partial charge in [-0.1, -0.05) is 0 Å². The first-order valence-corrected chi connectivity index (χ1v) is 3.58. The fourth-order valence-electron chi connectivity index (χ4n) is 0.359. The number of nitrogens with two attached hydrogens (primary N) is 1. The van der Waals surface area contributed by atoms with E-state index in [9.17, 15) is 4.79 Å². The van der Waals surface area contributed by atoms with E-state index in [1.54, 1.807) is 0 Å². The molecule has 0 aromatic rings. The molecule has 13 heavy (non-hydrogen) atoms. The van der Waals surface area contributed by atoms with Gasteiger partial charge in [0.05, 0.1) is 19.6 Å². The van der Waals surface area contributed by atoms with Crippen molar-refractivity contribution in [3.05, 3.63) is 0 Å². The van der Waals surface area contributed by atoms with Gasteiger partial charge in [0.15, 0.2) is 0 Å². The molecule has 0 rings (SSSR count). The average Bonchev–Trinajstić information content (AvgIpc) is 2.03. The van der Waals surface area contributed by atoms with Crippen molar-refractivity contribution in [3.8, 4) is 0 Å². The number of carboxylic acids is 1. The highest BCUT2D eigenvalue weighted by Gasteiger charge is 2.07. The topological polar surface area (TPSA) is 110 Å². The summed E-state index contributed by atoms with van der Waals surface area (Å²) in [4.78, 5) is 19.3. The zero-order valence-corrected chi connectivity index (χ0v) is 7.69. The Hall–Kier alpha value is -1.14. The molecule has 6 nitrogen and oxygen atoms in total. The third-order valence-corrected chi connectivity index (χ3v) is 0.902. The van der Waals surface area contributed by atoms with E-state index in [-0.39, 0.29) is 13.0 Å². The third-order valence-electron chi connectivity index (χ3n) is 0.902. The molecule has 1 atom stereocenters. The molecule has 0 saturated heterocycles. The molecule has 1 unspecified atom stereocenters. The Labute approximate surface area is 76.3 Å². The lowest BCUT2D eigenvalue weighted by molar-refractivity contribution is -0.142. The molecule has 0 aromatic carbocycles. The number of ether oxygens (including phenoxy) is 1. The Morgan fingerprint density at radius 1 is 1.54 bits per heavy atom. The summed E-state index contributed by atoms with van der Waals surface area (Å²) in [5.41, 5.74) is 5.02. The van der Waals surface area contributed by atoms with Crippen LogP contribution in [0.3, 0.4) is 0 Å². The summed E-state index contributed by atoms with van der Waals surface area (Å²) in [5.74, 6) is -1.27. The monoisotopic (exact) mass is 193 g/mol. The molecule has 0 radical (unpaired) electrons. The second-order valence-electron chi connectivity index (χ2n) is 2.19. The Kier molecular flexibility index (Phi) is 9.91. The number of esters is 1. The highest BCUT2D eigenvalue weighted by atomic mass is 16.5. The first-order valence-electron chi connectivity index (χ1n) is 3.58. The Balaban J connectivity index is 0. The van der Waals surface area contributed by atoms with Crippen LogP contribution >= 0.6 is 0 Å². The molecule has 0 aliphatic heterocycles. The van der Waals surface area contributed by atoms with Gasteiger partial charge >= 0.3 is 5.97 Å². The molecule has 0 amide bonds. The van der Waals surface area contributed by atoms with Crippen LogP contribution in [0, 0.1) is 0 Å². The first kappa shape index (κ1) is 14.4. The lowest BCUT2D eigenvalue weighted by Crippen LogP contribution is -2.23. The SMILES string of the molecule is CC(=O)O.COC(=O)CC(O)CN. The van der Waals surface area contributed by atoms with Gasteiger partial charge in [0.25, 0.3) is 5.97 Å². The predicted molar refractivity (Wildman–Crippen MR) is 45.0 cm³/mol. The van der Waals surface area contributed by atoms with Crippen LogP contribution < -0.4 is 5.73 Å². The molecule has 0 aliphatic rings. The molecule has 0 aromatic heterocycles. The molecule has 6 heteroatoms. The average molecular weight is 193 g/mol. The molecule has 78 valence electrons. The van der Waals surface area contributed by atoms with Gasteiger partial charge in [0.2, 0.25) is 0 Å². The predicted octanol–water partition coefficient (Wildman–Crippen LogP) is -1.04. The lowest BCUT2D eigenvalue weighted by Gasteiger charge is -2.03. The van der Waals surface area contributed by atoms with E-state index in [1.807, 2.05) is 0 Å². The number of aliphatic hydroxyl groups is 1. The van der Waals surface area contributed by atoms with Crippen molar-refractivity contribution in [2.45, 2.75) is 19.4 Å². The number of hydrogen-bond acceptors (Lipinski definition) is 5. The van der Waals surface area contributed by atoms with Crippen molar-refractivity contribution in [2.75, 3.05) is 13.7 Å². The van der Waals surface area contributed by atoms with Crippen LogP contribution in [0.2, 0.25) is 0 Å². The molecular formula is C7H15NO5. The number of aliphatic carboxylic acids is 1. The maximum Gasteiger partial charge on any atom is 0.308 e. The largest absolute Gasteiger partial charge is 0.481 e. The number of hydrogen-bond donors (Lipinski definition) is 3. The minimum absolute atomic E-state index is 0.0208. The summed E-state index contributed by atoms with van der Waals surface area (Å²) in [5, 5.41) is 16.2. The van der Waals surface area contributed by atoms with Gasteiger partial charge in [-0.3, -0.25) is 9.59 Å². The third kappa shape index (κ3) is 18.1. The summed E-state index contributed by atoms with van der Waals surface area (Å²) in [7, 11) is 1.27. The Morgan fingerprint density at radius 2 is 1.92 bits per heavy atom. The van der Waals surface area contributed by atoms with E-state index in [0.29, 0.717) is 0 Å². The van der Waals surface area contributed by atoms with Gasteiger partial charge in [-0.15, -0.1) is 0 Å². The molecule has 0 aliphatic carbocycles. The van der Waals surface area contributed by atoms with E-state index >= 15 is 0 Å². The maximum absolute atomic E-state index is 10.3. The molecule has 0 saturated carbocycles. The highest BCUT2D eigenvalue weighted by molar-refractivity contribution is 5.69. The van der Waals surface area contributed by atoms with E-state index in [0.717, 1.165) is 6.92 Å². The van der Waals surface area contributed by atoms with E-state index in [4.69, 9.17) is 20.7 Å². The van der Waals surface area contributed by atoms with Crippen LogP contribution in [0.15, 0.2) is 0 Å². The van der Waals surface area contributed by atoms with E-state index < -0.39 is 18.0 Å². The molecule has 0 spiro atoms. The minimum Gasteiger partial charge on any atom is -0.481 e. The Bertz CT molecular complexity index is 155. The molecule has 0 bridgehead atoms. The normalized spacial score (nSPS) is 10.8. The van der Waals surface area contributed by atoms with Crippen molar-refractivity contribution in [2.24, 2.45) is 5.73 Å². The van der Waals surface area contributed by atoms with Gasteiger partial charge < -0.3 is 20.7 Å². The second kappa shape index (κ2) is 8.95. The van der Waals surface area contributed by atoms with Crippen molar-refractivity contribution in [3.63, 3.8) is 0 Å². The fourth-order valence-corrected chi connectivity index (χ4v) is 0.359.